The molecule has 2 rings (SSSR count). The van der Waals surface area contributed by atoms with Crippen LogP contribution in [0.4, 0.5) is 0 Å². The molecule has 1 aliphatic rings. The molecule has 1 heterocycles. The molecule has 5 heteroatoms. The largest absolute Gasteiger partial charge is 0.478 e. The highest BCUT2D eigenvalue weighted by atomic mass is 16.5. The summed E-state index contributed by atoms with van der Waals surface area (Å²) in [5.74, 6) is -1.31. The van der Waals surface area contributed by atoms with Gasteiger partial charge < -0.3 is 15.2 Å². The number of carbonyl (C=O) groups is 2. The summed E-state index contributed by atoms with van der Waals surface area (Å²) in [5, 5.41) is 11.8. The van der Waals surface area contributed by atoms with Crippen molar-refractivity contribution >= 4 is 11.9 Å². The van der Waals surface area contributed by atoms with E-state index in [1.807, 2.05) is 6.92 Å². The first kappa shape index (κ1) is 13.5. The van der Waals surface area contributed by atoms with Crippen molar-refractivity contribution in [1.29, 1.82) is 0 Å². The molecule has 1 unspecified atom stereocenters. The first-order chi connectivity index (χ1) is 9.00. The summed E-state index contributed by atoms with van der Waals surface area (Å²) in [7, 11) is 0. The molecular formula is C14H17NO4. The third-order valence-corrected chi connectivity index (χ3v) is 3.22. The van der Waals surface area contributed by atoms with E-state index in [4.69, 9.17) is 9.84 Å². The van der Waals surface area contributed by atoms with Crippen LogP contribution in [0, 0.1) is 0 Å². The highest BCUT2D eigenvalue weighted by Crippen LogP contribution is 2.19. The van der Waals surface area contributed by atoms with E-state index in [0.717, 1.165) is 19.4 Å². The fourth-order valence-electron chi connectivity index (χ4n) is 2.17. The van der Waals surface area contributed by atoms with Gasteiger partial charge in [-0.1, -0.05) is 6.07 Å². The van der Waals surface area contributed by atoms with Crippen LogP contribution >= 0.6 is 0 Å². The molecule has 0 radical (unpaired) electrons. The van der Waals surface area contributed by atoms with Crippen LogP contribution < -0.4 is 5.32 Å². The zero-order chi connectivity index (χ0) is 13.9. The molecule has 1 aromatic carbocycles. The number of aromatic carboxylic acids is 1. The molecule has 0 aromatic heterocycles. The smallest absolute Gasteiger partial charge is 0.335 e. The fraction of sp³-hybridized carbons (Fsp3) is 0.429. The molecule has 1 aromatic rings. The minimum atomic E-state index is -1.04. The second-order valence-corrected chi connectivity index (χ2v) is 5.06. The highest BCUT2D eigenvalue weighted by molar-refractivity contribution is 5.97. The van der Waals surface area contributed by atoms with Gasteiger partial charge in [0, 0.05) is 12.2 Å². The number of rotatable bonds is 3. The topological polar surface area (TPSA) is 75.6 Å². The van der Waals surface area contributed by atoms with Crippen LogP contribution in [0.3, 0.4) is 0 Å². The molecule has 0 spiro atoms. The first-order valence-corrected chi connectivity index (χ1v) is 6.24. The predicted octanol–water partition coefficient (Wildman–Crippen LogP) is 1.68. The Hall–Kier alpha value is -1.88. The summed E-state index contributed by atoms with van der Waals surface area (Å²) in [4.78, 5) is 23.0. The van der Waals surface area contributed by atoms with Crippen LogP contribution in [0.1, 0.15) is 40.5 Å². The van der Waals surface area contributed by atoms with Gasteiger partial charge in [0.15, 0.2) is 0 Å². The lowest BCUT2D eigenvalue weighted by atomic mass is 9.94. The summed E-state index contributed by atoms with van der Waals surface area (Å²) < 4.78 is 5.37. The van der Waals surface area contributed by atoms with Crippen LogP contribution in [0.25, 0.3) is 0 Å². The number of carboxylic acids is 1. The summed E-state index contributed by atoms with van der Waals surface area (Å²) in [6, 6.07) is 6.02. The minimum absolute atomic E-state index is 0.109. The van der Waals surface area contributed by atoms with Gasteiger partial charge in [-0.3, -0.25) is 4.79 Å². The molecule has 102 valence electrons. The molecule has 0 bridgehead atoms. The summed E-state index contributed by atoms with van der Waals surface area (Å²) in [5.41, 5.74) is 0.0820. The van der Waals surface area contributed by atoms with Crippen LogP contribution in [-0.4, -0.2) is 35.7 Å². The van der Waals surface area contributed by atoms with E-state index < -0.39 is 5.97 Å². The van der Waals surface area contributed by atoms with Crippen LogP contribution in [-0.2, 0) is 4.74 Å². The Morgan fingerprint density at radius 2 is 2.11 bits per heavy atom. The molecule has 19 heavy (non-hydrogen) atoms. The molecule has 1 fully saturated rings. The zero-order valence-corrected chi connectivity index (χ0v) is 10.8. The Labute approximate surface area is 111 Å². The second-order valence-electron chi connectivity index (χ2n) is 5.06. The maximum Gasteiger partial charge on any atom is 0.335 e. The van der Waals surface area contributed by atoms with Crippen molar-refractivity contribution in [1.82, 2.24) is 5.32 Å². The van der Waals surface area contributed by atoms with Crippen LogP contribution in [0.15, 0.2) is 24.3 Å². The van der Waals surface area contributed by atoms with Crippen molar-refractivity contribution in [3.05, 3.63) is 35.4 Å². The Balaban J connectivity index is 2.11. The Morgan fingerprint density at radius 3 is 2.74 bits per heavy atom. The third kappa shape index (κ3) is 3.32. The number of benzene rings is 1. The monoisotopic (exact) mass is 263 g/mol. The zero-order valence-electron chi connectivity index (χ0n) is 10.8. The summed E-state index contributed by atoms with van der Waals surface area (Å²) >= 11 is 0. The van der Waals surface area contributed by atoms with Gasteiger partial charge in [0.05, 0.1) is 17.7 Å². The highest BCUT2D eigenvalue weighted by Gasteiger charge is 2.29. The minimum Gasteiger partial charge on any atom is -0.478 e. The second kappa shape index (κ2) is 5.40. The maximum atomic E-state index is 12.1. The predicted molar refractivity (Wildman–Crippen MR) is 69.3 cm³/mol. The molecule has 1 aliphatic heterocycles. The van der Waals surface area contributed by atoms with E-state index in [2.05, 4.69) is 5.32 Å². The lowest BCUT2D eigenvalue weighted by Gasteiger charge is -2.34. The Kier molecular flexibility index (Phi) is 3.85. The van der Waals surface area contributed by atoms with Gasteiger partial charge in [-0.15, -0.1) is 0 Å². The lowest BCUT2D eigenvalue weighted by Crippen LogP contribution is -2.51. The summed E-state index contributed by atoms with van der Waals surface area (Å²) in [6.45, 7) is 3.14. The Morgan fingerprint density at radius 1 is 1.37 bits per heavy atom. The SMILES string of the molecule is CC1(NC(=O)c2cccc(C(=O)O)c2)CCCOC1. The standard InChI is InChI=1S/C14H17NO4/c1-14(6-3-7-19-9-14)15-12(16)10-4-2-5-11(8-10)13(17)18/h2,4-5,8H,3,6-7,9H2,1H3,(H,15,16)(H,17,18). The fourth-order valence-corrected chi connectivity index (χ4v) is 2.17. The number of carbonyl (C=O) groups excluding carboxylic acids is 1. The van der Waals surface area contributed by atoms with Crippen molar-refractivity contribution in [2.45, 2.75) is 25.3 Å². The molecule has 1 saturated heterocycles. The van der Waals surface area contributed by atoms with E-state index in [9.17, 15) is 9.59 Å². The number of nitrogens with one attached hydrogen (secondary N) is 1. The first-order valence-electron chi connectivity index (χ1n) is 6.24. The van der Waals surface area contributed by atoms with Gasteiger partial charge >= 0.3 is 5.97 Å². The van der Waals surface area contributed by atoms with E-state index in [1.165, 1.54) is 12.1 Å². The number of amides is 1. The van der Waals surface area contributed by atoms with E-state index >= 15 is 0 Å². The molecule has 1 atom stereocenters. The van der Waals surface area contributed by atoms with E-state index in [1.54, 1.807) is 12.1 Å². The maximum absolute atomic E-state index is 12.1. The third-order valence-electron chi connectivity index (χ3n) is 3.22. The van der Waals surface area contributed by atoms with Gasteiger partial charge in [0.25, 0.3) is 5.91 Å². The molecule has 0 saturated carbocycles. The number of hydrogen-bond donors (Lipinski definition) is 2. The van der Waals surface area contributed by atoms with Gasteiger partial charge in [-0.05, 0) is 38.0 Å². The average Bonchev–Trinajstić information content (AvgIpc) is 2.39. The van der Waals surface area contributed by atoms with Crippen molar-refractivity contribution in [3.63, 3.8) is 0 Å². The average molecular weight is 263 g/mol. The van der Waals surface area contributed by atoms with E-state index in [0.29, 0.717) is 12.2 Å². The molecule has 5 nitrogen and oxygen atoms in total. The van der Waals surface area contributed by atoms with Crippen LogP contribution in [0.5, 0.6) is 0 Å². The van der Waals surface area contributed by atoms with Gasteiger partial charge in [-0.2, -0.15) is 0 Å². The quantitative estimate of drug-likeness (QED) is 0.870. The van der Waals surface area contributed by atoms with E-state index in [-0.39, 0.29) is 17.0 Å². The Bertz CT molecular complexity index is 492. The van der Waals surface area contributed by atoms with Crippen molar-refractivity contribution < 1.29 is 19.4 Å². The molecule has 0 aliphatic carbocycles. The normalized spacial score (nSPS) is 22.8. The summed E-state index contributed by atoms with van der Waals surface area (Å²) in [6.07, 6.45) is 1.77. The molecular weight excluding hydrogens is 246 g/mol. The number of hydrogen-bond acceptors (Lipinski definition) is 3. The number of carboxylic acid groups (broad SMARTS) is 1. The molecule has 2 N–H and O–H groups in total. The van der Waals surface area contributed by atoms with Crippen LogP contribution in [0.2, 0.25) is 0 Å². The van der Waals surface area contributed by atoms with Crippen molar-refractivity contribution in [2.75, 3.05) is 13.2 Å². The van der Waals surface area contributed by atoms with Gasteiger partial charge in [0.1, 0.15) is 0 Å². The molecule has 1 amide bonds. The lowest BCUT2D eigenvalue weighted by molar-refractivity contribution is 0.0272. The van der Waals surface area contributed by atoms with Crippen molar-refractivity contribution in [3.8, 4) is 0 Å². The van der Waals surface area contributed by atoms with Gasteiger partial charge in [-0.25, -0.2) is 4.79 Å². The number of ether oxygens (including phenoxy) is 1. The van der Waals surface area contributed by atoms with Crippen molar-refractivity contribution in [2.24, 2.45) is 0 Å². The van der Waals surface area contributed by atoms with Gasteiger partial charge in [0.2, 0.25) is 0 Å².